The average Bonchev–Trinajstić information content (AvgIpc) is 3.39. The van der Waals surface area contributed by atoms with E-state index in [1.165, 1.54) is 5.56 Å². The SMILES string of the molecule is Cc1ncc(NC(=O)c2ccc(C3CCN(CC(C)C)C3)cc2)cc1Nc1nccc(-c2cccnc2)n1. The number of likely N-dealkylation sites (tertiary alicyclic amines) is 1. The van der Waals surface area contributed by atoms with Gasteiger partial charge < -0.3 is 15.5 Å². The molecule has 1 aliphatic heterocycles. The van der Waals surface area contributed by atoms with Crippen molar-refractivity contribution < 1.29 is 4.79 Å². The lowest BCUT2D eigenvalue weighted by Gasteiger charge is -2.18. The van der Waals surface area contributed by atoms with Gasteiger partial charge in [0, 0.05) is 42.8 Å². The molecule has 0 bridgehead atoms. The summed E-state index contributed by atoms with van der Waals surface area (Å²) in [6, 6.07) is 15.5. The summed E-state index contributed by atoms with van der Waals surface area (Å²) in [7, 11) is 0. The molecule has 8 heteroatoms. The fourth-order valence-electron chi connectivity index (χ4n) is 4.84. The van der Waals surface area contributed by atoms with E-state index in [2.05, 4.69) is 61.4 Å². The van der Waals surface area contributed by atoms with Gasteiger partial charge in [0.25, 0.3) is 5.91 Å². The van der Waals surface area contributed by atoms with E-state index >= 15 is 0 Å². The minimum absolute atomic E-state index is 0.171. The van der Waals surface area contributed by atoms with Crippen molar-refractivity contribution in [2.45, 2.75) is 33.1 Å². The zero-order valence-corrected chi connectivity index (χ0v) is 22.1. The Morgan fingerprint density at radius 2 is 1.92 bits per heavy atom. The van der Waals surface area contributed by atoms with E-state index in [1.54, 1.807) is 24.8 Å². The molecule has 8 nitrogen and oxygen atoms in total. The van der Waals surface area contributed by atoms with Gasteiger partial charge >= 0.3 is 0 Å². The van der Waals surface area contributed by atoms with E-state index in [0.717, 1.165) is 43.0 Å². The van der Waals surface area contributed by atoms with Crippen molar-refractivity contribution in [3.63, 3.8) is 0 Å². The average molecular weight is 508 g/mol. The number of aryl methyl sites for hydroxylation is 1. The molecule has 2 N–H and O–H groups in total. The predicted octanol–water partition coefficient (Wildman–Crippen LogP) is 5.68. The van der Waals surface area contributed by atoms with Crippen molar-refractivity contribution in [3.05, 3.63) is 90.1 Å². The van der Waals surface area contributed by atoms with Crippen LogP contribution in [0.3, 0.4) is 0 Å². The Hall–Kier alpha value is -4.17. The molecule has 1 saturated heterocycles. The zero-order valence-electron chi connectivity index (χ0n) is 22.1. The zero-order chi connectivity index (χ0) is 26.5. The number of hydrogen-bond donors (Lipinski definition) is 2. The molecule has 3 aromatic heterocycles. The Balaban J connectivity index is 1.24. The molecule has 5 rings (SSSR count). The minimum Gasteiger partial charge on any atom is -0.322 e. The van der Waals surface area contributed by atoms with Crippen LogP contribution in [0.2, 0.25) is 0 Å². The Bertz CT molecular complexity index is 1390. The van der Waals surface area contributed by atoms with Gasteiger partial charge in [-0.05, 0) is 73.7 Å². The van der Waals surface area contributed by atoms with Crippen LogP contribution in [-0.2, 0) is 0 Å². The van der Waals surface area contributed by atoms with Gasteiger partial charge in [-0.3, -0.25) is 14.8 Å². The fourth-order valence-corrected chi connectivity index (χ4v) is 4.84. The van der Waals surface area contributed by atoms with Crippen LogP contribution < -0.4 is 10.6 Å². The fraction of sp³-hybridized carbons (Fsp3) is 0.300. The van der Waals surface area contributed by atoms with Crippen molar-refractivity contribution in [1.82, 2.24) is 24.8 Å². The highest BCUT2D eigenvalue weighted by molar-refractivity contribution is 6.04. The van der Waals surface area contributed by atoms with Gasteiger partial charge in [-0.2, -0.15) is 0 Å². The van der Waals surface area contributed by atoms with Crippen molar-refractivity contribution in [2.24, 2.45) is 5.92 Å². The van der Waals surface area contributed by atoms with Crippen LogP contribution in [0.5, 0.6) is 0 Å². The van der Waals surface area contributed by atoms with Crippen molar-refractivity contribution >= 4 is 23.2 Å². The molecule has 1 aliphatic rings. The predicted molar refractivity (Wildman–Crippen MR) is 151 cm³/mol. The lowest BCUT2D eigenvalue weighted by molar-refractivity contribution is 0.102. The van der Waals surface area contributed by atoms with E-state index < -0.39 is 0 Å². The summed E-state index contributed by atoms with van der Waals surface area (Å²) < 4.78 is 0. The number of nitrogens with one attached hydrogen (secondary N) is 2. The molecule has 4 aromatic rings. The molecule has 38 heavy (non-hydrogen) atoms. The molecule has 0 saturated carbocycles. The van der Waals surface area contributed by atoms with Gasteiger partial charge in [-0.15, -0.1) is 0 Å². The maximum absolute atomic E-state index is 13.0. The quantitative estimate of drug-likeness (QED) is 0.317. The summed E-state index contributed by atoms with van der Waals surface area (Å²) in [6.45, 7) is 9.78. The van der Waals surface area contributed by atoms with Crippen LogP contribution in [-0.4, -0.2) is 50.4 Å². The summed E-state index contributed by atoms with van der Waals surface area (Å²) in [4.78, 5) is 33.1. The van der Waals surface area contributed by atoms with Crippen LogP contribution >= 0.6 is 0 Å². The lowest BCUT2D eigenvalue weighted by atomic mass is 9.97. The van der Waals surface area contributed by atoms with Crippen LogP contribution in [0, 0.1) is 12.8 Å². The number of carbonyl (C=O) groups is 1. The molecule has 1 aromatic carbocycles. The van der Waals surface area contributed by atoms with Crippen molar-refractivity contribution in [1.29, 1.82) is 0 Å². The monoisotopic (exact) mass is 507 g/mol. The smallest absolute Gasteiger partial charge is 0.255 e. The van der Waals surface area contributed by atoms with Gasteiger partial charge in [0.1, 0.15) is 0 Å². The van der Waals surface area contributed by atoms with Gasteiger partial charge in [-0.1, -0.05) is 26.0 Å². The number of amides is 1. The standard InChI is InChI=1S/C30H33N7O/c1-20(2)18-37-14-11-25(19-37)22-6-8-23(9-7-22)29(38)34-26-15-28(21(3)33-17-26)36-30-32-13-10-27(35-30)24-5-4-12-31-16-24/h4-10,12-13,15-17,20,25H,11,14,18-19H2,1-3H3,(H,34,38)(H,32,35,36). The number of benzene rings is 1. The van der Waals surface area contributed by atoms with Crippen LogP contribution in [0.1, 0.15) is 47.8 Å². The number of nitrogens with zero attached hydrogens (tertiary/aromatic N) is 5. The summed E-state index contributed by atoms with van der Waals surface area (Å²) in [5.74, 6) is 1.47. The molecule has 194 valence electrons. The second-order valence-electron chi connectivity index (χ2n) is 10.2. The summed E-state index contributed by atoms with van der Waals surface area (Å²) >= 11 is 0. The first-order valence-electron chi connectivity index (χ1n) is 13.1. The van der Waals surface area contributed by atoms with E-state index in [9.17, 15) is 4.79 Å². The minimum atomic E-state index is -0.171. The Labute approximate surface area is 223 Å². The molecular formula is C30H33N7O. The molecule has 4 heterocycles. The van der Waals surface area contributed by atoms with E-state index in [-0.39, 0.29) is 5.91 Å². The lowest BCUT2D eigenvalue weighted by Crippen LogP contribution is -2.24. The molecule has 0 radical (unpaired) electrons. The van der Waals surface area contributed by atoms with Crippen molar-refractivity contribution in [3.8, 4) is 11.3 Å². The second-order valence-corrected chi connectivity index (χ2v) is 10.2. The third-order valence-corrected chi connectivity index (χ3v) is 6.74. The highest BCUT2D eigenvalue weighted by Crippen LogP contribution is 2.28. The Kier molecular flexibility index (Phi) is 7.70. The molecule has 1 fully saturated rings. The largest absolute Gasteiger partial charge is 0.322 e. The highest BCUT2D eigenvalue weighted by atomic mass is 16.1. The Morgan fingerprint density at radius 1 is 1.08 bits per heavy atom. The maximum atomic E-state index is 13.0. The van der Waals surface area contributed by atoms with Gasteiger partial charge in [0.2, 0.25) is 5.95 Å². The van der Waals surface area contributed by atoms with Crippen LogP contribution in [0.15, 0.2) is 73.3 Å². The van der Waals surface area contributed by atoms with E-state index in [4.69, 9.17) is 0 Å². The number of rotatable bonds is 8. The van der Waals surface area contributed by atoms with E-state index in [0.29, 0.717) is 34.7 Å². The molecule has 0 aliphatic carbocycles. The molecule has 1 atom stereocenters. The number of anilines is 3. The number of hydrogen-bond acceptors (Lipinski definition) is 7. The third kappa shape index (κ3) is 6.20. The summed E-state index contributed by atoms with van der Waals surface area (Å²) in [5, 5.41) is 6.20. The number of pyridine rings is 2. The number of aromatic nitrogens is 4. The molecule has 1 unspecified atom stereocenters. The topological polar surface area (TPSA) is 95.9 Å². The van der Waals surface area contributed by atoms with E-state index in [1.807, 2.05) is 43.3 Å². The first-order valence-corrected chi connectivity index (χ1v) is 13.1. The molecule has 1 amide bonds. The summed E-state index contributed by atoms with van der Waals surface area (Å²) in [5.41, 5.74) is 5.66. The first kappa shape index (κ1) is 25.5. The van der Waals surface area contributed by atoms with Gasteiger partial charge in [0.15, 0.2) is 0 Å². The van der Waals surface area contributed by atoms with Crippen LogP contribution in [0.25, 0.3) is 11.3 Å². The summed E-state index contributed by atoms with van der Waals surface area (Å²) in [6.07, 6.45) is 8.00. The molecular weight excluding hydrogens is 474 g/mol. The molecule has 0 spiro atoms. The Morgan fingerprint density at radius 3 is 2.68 bits per heavy atom. The maximum Gasteiger partial charge on any atom is 0.255 e. The normalized spacial score (nSPS) is 15.5. The first-order chi connectivity index (χ1) is 18.4. The second kappa shape index (κ2) is 11.5. The number of carbonyl (C=O) groups excluding carboxylic acids is 1. The van der Waals surface area contributed by atoms with Crippen LogP contribution in [0.4, 0.5) is 17.3 Å². The van der Waals surface area contributed by atoms with Gasteiger partial charge in [-0.25, -0.2) is 9.97 Å². The van der Waals surface area contributed by atoms with Crippen molar-refractivity contribution in [2.75, 3.05) is 30.3 Å². The van der Waals surface area contributed by atoms with Gasteiger partial charge in [0.05, 0.1) is 29.0 Å². The third-order valence-electron chi connectivity index (χ3n) is 6.74. The highest BCUT2D eigenvalue weighted by Gasteiger charge is 2.24.